The average molecular weight is 377 g/mol. The largest absolute Gasteiger partial charge is 0.462 e. The molecule has 0 aliphatic heterocycles. The summed E-state index contributed by atoms with van der Waals surface area (Å²) in [5, 5.41) is 6.79. The van der Waals surface area contributed by atoms with Gasteiger partial charge in [-0.05, 0) is 55.8 Å². The number of nitrogens with zero attached hydrogens (tertiary/aromatic N) is 2. The molecule has 1 N–H and O–H groups in total. The van der Waals surface area contributed by atoms with Gasteiger partial charge in [-0.25, -0.2) is 9.48 Å². The fraction of sp³-hybridized carbons (Fsp3) is 0.143. The van der Waals surface area contributed by atoms with E-state index in [2.05, 4.69) is 10.4 Å². The summed E-state index contributed by atoms with van der Waals surface area (Å²) in [6, 6.07) is 15.0. The predicted octanol–water partition coefficient (Wildman–Crippen LogP) is 2.97. The third kappa shape index (κ3) is 4.32. The lowest BCUT2D eigenvalue weighted by atomic mass is 10.2. The summed E-state index contributed by atoms with van der Waals surface area (Å²) in [5.41, 5.74) is 1.88. The fourth-order valence-electron chi connectivity index (χ4n) is 2.57. The lowest BCUT2D eigenvalue weighted by Crippen LogP contribution is -2.25. The lowest BCUT2D eigenvalue weighted by molar-refractivity contribution is 0.0526. The topological polar surface area (TPSA) is 90.3 Å². The Hall–Kier alpha value is -3.74. The number of aromatic nitrogens is 2. The molecule has 1 heterocycles. The van der Waals surface area contributed by atoms with Gasteiger partial charge in [-0.15, -0.1) is 0 Å². The van der Waals surface area contributed by atoms with Crippen LogP contribution in [0.4, 0.5) is 5.69 Å². The molecule has 0 bridgehead atoms. The highest BCUT2D eigenvalue weighted by molar-refractivity contribution is 6.03. The molecular formula is C21H19N3O4. The molecule has 1 amide bonds. The van der Waals surface area contributed by atoms with Gasteiger partial charge in [0.25, 0.3) is 5.91 Å². The van der Waals surface area contributed by atoms with Crippen LogP contribution in [0, 0.1) is 6.92 Å². The van der Waals surface area contributed by atoms with Gasteiger partial charge in [-0.3, -0.25) is 9.59 Å². The second kappa shape index (κ2) is 8.30. The van der Waals surface area contributed by atoms with E-state index >= 15 is 0 Å². The Balaban J connectivity index is 1.82. The second-order valence-corrected chi connectivity index (χ2v) is 6.06. The van der Waals surface area contributed by atoms with Crippen molar-refractivity contribution in [2.75, 3.05) is 11.9 Å². The van der Waals surface area contributed by atoms with Crippen LogP contribution >= 0.6 is 0 Å². The van der Waals surface area contributed by atoms with Crippen LogP contribution in [0.5, 0.6) is 0 Å². The third-order valence-electron chi connectivity index (χ3n) is 3.94. The van der Waals surface area contributed by atoms with Crippen molar-refractivity contribution in [1.82, 2.24) is 9.78 Å². The van der Waals surface area contributed by atoms with Crippen LogP contribution in [-0.4, -0.2) is 28.3 Å². The molecule has 3 rings (SSSR count). The molecule has 0 saturated carbocycles. The first-order valence-corrected chi connectivity index (χ1v) is 8.73. The number of rotatable bonds is 5. The average Bonchev–Trinajstić information content (AvgIpc) is 2.69. The highest BCUT2D eigenvalue weighted by Gasteiger charge is 2.14. The minimum Gasteiger partial charge on any atom is -0.462 e. The Morgan fingerprint density at radius 3 is 2.54 bits per heavy atom. The van der Waals surface area contributed by atoms with Crippen LogP contribution in [0.25, 0.3) is 5.69 Å². The normalized spacial score (nSPS) is 10.4. The number of carbonyl (C=O) groups excluding carboxylic acids is 2. The van der Waals surface area contributed by atoms with E-state index in [1.54, 1.807) is 19.1 Å². The van der Waals surface area contributed by atoms with Crippen LogP contribution in [-0.2, 0) is 4.74 Å². The van der Waals surface area contributed by atoms with Gasteiger partial charge in [0.15, 0.2) is 5.69 Å². The number of anilines is 1. The van der Waals surface area contributed by atoms with Crippen LogP contribution in [0.15, 0.2) is 65.6 Å². The number of amides is 1. The van der Waals surface area contributed by atoms with Crippen molar-refractivity contribution >= 4 is 17.6 Å². The van der Waals surface area contributed by atoms with E-state index in [1.807, 2.05) is 31.2 Å². The minimum atomic E-state index is -0.629. The van der Waals surface area contributed by atoms with E-state index in [1.165, 1.54) is 29.1 Å². The molecule has 7 nitrogen and oxygen atoms in total. The van der Waals surface area contributed by atoms with Crippen molar-refractivity contribution in [2.45, 2.75) is 13.8 Å². The summed E-state index contributed by atoms with van der Waals surface area (Å²) < 4.78 is 6.40. The summed E-state index contributed by atoms with van der Waals surface area (Å²) in [7, 11) is 0. The monoisotopic (exact) mass is 377 g/mol. The summed E-state index contributed by atoms with van der Waals surface area (Å²) in [6.07, 6.45) is 1.52. The van der Waals surface area contributed by atoms with E-state index < -0.39 is 17.3 Å². The molecule has 28 heavy (non-hydrogen) atoms. The van der Waals surface area contributed by atoms with E-state index in [-0.39, 0.29) is 12.3 Å². The molecule has 0 saturated heterocycles. The number of nitrogens with one attached hydrogen (secondary N) is 1. The van der Waals surface area contributed by atoms with Crippen molar-refractivity contribution in [1.29, 1.82) is 0 Å². The van der Waals surface area contributed by atoms with Gasteiger partial charge in [0.05, 0.1) is 17.9 Å². The highest BCUT2D eigenvalue weighted by atomic mass is 16.5. The Labute approximate surface area is 161 Å². The molecule has 0 unspecified atom stereocenters. The van der Waals surface area contributed by atoms with Gasteiger partial charge in [0.1, 0.15) is 0 Å². The standard InChI is InChI=1S/C21H19N3O4/c1-3-28-21(27)15-7-9-16(10-8-15)22-20(26)19-18(25)11-12-24(23-19)17-6-4-5-14(2)13-17/h4-13H,3H2,1-2H3,(H,22,26). The summed E-state index contributed by atoms with van der Waals surface area (Å²) in [5.74, 6) is -1.07. The summed E-state index contributed by atoms with van der Waals surface area (Å²) in [6.45, 7) is 3.95. The molecule has 0 radical (unpaired) electrons. The Kier molecular flexibility index (Phi) is 5.64. The van der Waals surface area contributed by atoms with Crippen molar-refractivity contribution in [3.05, 3.63) is 87.8 Å². The summed E-state index contributed by atoms with van der Waals surface area (Å²) in [4.78, 5) is 36.3. The van der Waals surface area contributed by atoms with Crippen LogP contribution in [0.2, 0.25) is 0 Å². The number of carbonyl (C=O) groups is 2. The van der Waals surface area contributed by atoms with E-state index in [0.29, 0.717) is 11.3 Å². The smallest absolute Gasteiger partial charge is 0.338 e. The molecule has 142 valence electrons. The molecule has 2 aromatic carbocycles. The molecule has 0 fully saturated rings. The van der Waals surface area contributed by atoms with Gasteiger partial charge >= 0.3 is 5.97 Å². The molecular weight excluding hydrogens is 358 g/mol. The number of esters is 1. The zero-order chi connectivity index (χ0) is 20.1. The Morgan fingerprint density at radius 2 is 1.86 bits per heavy atom. The lowest BCUT2D eigenvalue weighted by Gasteiger charge is -2.09. The predicted molar refractivity (Wildman–Crippen MR) is 105 cm³/mol. The van der Waals surface area contributed by atoms with Crippen molar-refractivity contribution < 1.29 is 14.3 Å². The van der Waals surface area contributed by atoms with Crippen molar-refractivity contribution in [3.8, 4) is 5.69 Å². The minimum absolute atomic E-state index is 0.224. The van der Waals surface area contributed by atoms with Gasteiger partial charge in [0.2, 0.25) is 5.43 Å². The first-order chi connectivity index (χ1) is 13.5. The van der Waals surface area contributed by atoms with E-state index in [4.69, 9.17) is 4.74 Å². The number of aryl methyl sites for hydroxylation is 1. The van der Waals surface area contributed by atoms with Crippen molar-refractivity contribution in [2.24, 2.45) is 0 Å². The van der Waals surface area contributed by atoms with Crippen LogP contribution in [0.1, 0.15) is 33.3 Å². The maximum absolute atomic E-state index is 12.5. The van der Waals surface area contributed by atoms with Crippen LogP contribution in [0.3, 0.4) is 0 Å². The number of ether oxygens (including phenoxy) is 1. The van der Waals surface area contributed by atoms with Gasteiger partial charge < -0.3 is 10.1 Å². The van der Waals surface area contributed by atoms with E-state index in [9.17, 15) is 14.4 Å². The van der Waals surface area contributed by atoms with Gasteiger partial charge in [-0.1, -0.05) is 12.1 Å². The zero-order valence-corrected chi connectivity index (χ0v) is 15.5. The van der Waals surface area contributed by atoms with Gasteiger partial charge in [-0.2, -0.15) is 5.10 Å². The molecule has 0 aliphatic carbocycles. The molecule has 7 heteroatoms. The molecule has 3 aromatic rings. The zero-order valence-electron chi connectivity index (χ0n) is 15.5. The maximum atomic E-state index is 12.5. The molecule has 1 aromatic heterocycles. The number of hydrogen-bond acceptors (Lipinski definition) is 5. The second-order valence-electron chi connectivity index (χ2n) is 6.06. The maximum Gasteiger partial charge on any atom is 0.338 e. The fourth-order valence-corrected chi connectivity index (χ4v) is 2.57. The first kappa shape index (κ1) is 19.0. The highest BCUT2D eigenvalue weighted by Crippen LogP contribution is 2.12. The third-order valence-corrected chi connectivity index (χ3v) is 3.94. The quantitative estimate of drug-likeness (QED) is 0.691. The number of benzene rings is 2. The van der Waals surface area contributed by atoms with E-state index in [0.717, 1.165) is 11.3 Å². The molecule has 0 aliphatic rings. The van der Waals surface area contributed by atoms with Crippen molar-refractivity contribution in [3.63, 3.8) is 0 Å². The molecule has 0 atom stereocenters. The Morgan fingerprint density at radius 1 is 1.11 bits per heavy atom. The Bertz CT molecular complexity index is 1070. The van der Waals surface area contributed by atoms with Crippen LogP contribution < -0.4 is 10.7 Å². The summed E-state index contributed by atoms with van der Waals surface area (Å²) >= 11 is 0. The van der Waals surface area contributed by atoms with Gasteiger partial charge in [0, 0.05) is 18.0 Å². The first-order valence-electron chi connectivity index (χ1n) is 8.73. The molecule has 0 spiro atoms. The SMILES string of the molecule is CCOC(=O)c1ccc(NC(=O)c2nn(-c3cccc(C)c3)ccc2=O)cc1. The number of hydrogen-bond donors (Lipinski definition) is 1.